The summed E-state index contributed by atoms with van der Waals surface area (Å²) in [6.07, 6.45) is 0.0120. The van der Waals surface area contributed by atoms with Crippen molar-refractivity contribution in [1.82, 2.24) is 15.5 Å². The predicted molar refractivity (Wildman–Crippen MR) is 52.5 cm³/mol. The Labute approximate surface area is 87.3 Å². The van der Waals surface area contributed by atoms with Gasteiger partial charge >= 0.3 is 0 Å². The number of amides is 3. The van der Waals surface area contributed by atoms with Crippen molar-refractivity contribution in [3.63, 3.8) is 0 Å². The van der Waals surface area contributed by atoms with Gasteiger partial charge in [-0.25, -0.2) is 0 Å². The molecule has 0 spiro atoms. The largest absolute Gasteiger partial charge is 0.342 e. The molecule has 0 radical (unpaired) electrons. The van der Waals surface area contributed by atoms with Crippen LogP contribution < -0.4 is 10.6 Å². The highest BCUT2D eigenvalue weighted by molar-refractivity contribution is 6.14. The van der Waals surface area contributed by atoms with Crippen molar-refractivity contribution in [3.05, 3.63) is 12.2 Å². The lowest BCUT2D eigenvalue weighted by molar-refractivity contribution is -0.141. The van der Waals surface area contributed by atoms with Crippen LogP contribution in [0.2, 0.25) is 0 Å². The smallest absolute Gasteiger partial charge is 0.256 e. The number of hydrogen-bond acceptors (Lipinski definition) is 4. The van der Waals surface area contributed by atoms with Crippen LogP contribution in [0, 0.1) is 0 Å². The molecule has 1 aliphatic heterocycles. The molecular formula is C9H13N3O3. The van der Waals surface area contributed by atoms with Crippen LogP contribution in [-0.4, -0.2) is 42.9 Å². The second-order valence-corrected chi connectivity index (χ2v) is 3.20. The molecule has 0 bridgehead atoms. The van der Waals surface area contributed by atoms with Crippen LogP contribution in [0.15, 0.2) is 12.2 Å². The molecule has 1 rings (SSSR count). The summed E-state index contributed by atoms with van der Waals surface area (Å²) in [5, 5.41) is 5.21. The van der Waals surface area contributed by atoms with Crippen LogP contribution in [0.25, 0.3) is 0 Å². The summed E-state index contributed by atoms with van der Waals surface area (Å²) < 4.78 is 0. The average molecular weight is 211 g/mol. The van der Waals surface area contributed by atoms with Crippen molar-refractivity contribution < 1.29 is 14.4 Å². The first-order chi connectivity index (χ1) is 7.06. The third kappa shape index (κ3) is 2.63. The monoisotopic (exact) mass is 211 g/mol. The Morgan fingerprint density at radius 3 is 2.67 bits per heavy atom. The van der Waals surface area contributed by atoms with Gasteiger partial charge in [0.15, 0.2) is 0 Å². The first kappa shape index (κ1) is 11.4. The summed E-state index contributed by atoms with van der Waals surface area (Å²) in [5.41, 5.74) is 0.237. The maximum atomic E-state index is 11.3. The van der Waals surface area contributed by atoms with E-state index in [-0.39, 0.29) is 30.4 Å². The molecule has 6 nitrogen and oxygen atoms in total. The van der Waals surface area contributed by atoms with E-state index in [1.165, 1.54) is 0 Å². The second-order valence-electron chi connectivity index (χ2n) is 3.20. The van der Waals surface area contributed by atoms with Gasteiger partial charge in [0.2, 0.25) is 11.8 Å². The summed E-state index contributed by atoms with van der Waals surface area (Å²) in [5.74, 6) is -1.20. The third-order valence-corrected chi connectivity index (χ3v) is 1.98. The highest BCUT2D eigenvalue weighted by Crippen LogP contribution is 2.15. The van der Waals surface area contributed by atoms with E-state index in [1.54, 1.807) is 7.05 Å². The lowest BCUT2D eigenvalue weighted by Gasteiger charge is -2.12. The summed E-state index contributed by atoms with van der Waals surface area (Å²) >= 11 is 0. The first-order valence-electron chi connectivity index (χ1n) is 4.50. The van der Waals surface area contributed by atoms with Gasteiger partial charge in [0.25, 0.3) is 5.91 Å². The molecule has 1 saturated heterocycles. The summed E-state index contributed by atoms with van der Waals surface area (Å²) in [6.45, 7) is 3.51. The van der Waals surface area contributed by atoms with E-state index < -0.39 is 5.91 Å². The van der Waals surface area contributed by atoms with Crippen LogP contribution in [0.4, 0.5) is 0 Å². The molecule has 82 valence electrons. The van der Waals surface area contributed by atoms with Gasteiger partial charge in [-0.1, -0.05) is 6.58 Å². The molecule has 1 heterocycles. The number of likely N-dealkylation sites (tertiary alicyclic amines) is 1. The zero-order chi connectivity index (χ0) is 11.4. The molecule has 0 unspecified atom stereocenters. The van der Waals surface area contributed by atoms with Crippen LogP contribution in [0.3, 0.4) is 0 Å². The van der Waals surface area contributed by atoms with Gasteiger partial charge in [0, 0.05) is 5.57 Å². The Balaban J connectivity index is 2.51. The lowest BCUT2D eigenvalue weighted by Crippen LogP contribution is -2.42. The molecule has 6 heteroatoms. The van der Waals surface area contributed by atoms with Gasteiger partial charge in [0.05, 0.1) is 13.1 Å². The molecule has 0 saturated carbocycles. The van der Waals surface area contributed by atoms with Gasteiger partial charge in [-0.2, -0.15) is 0 Å². The van der Waals surface area contributed by atoms with Gasteiger partial charge in [-0.15, -0.1) is 0 Å². The maximum Gasteiger partial charge on any atom is 0.256 e. The number of carbonyl (C=O) groups is 3. The molecule has 0 atom stereocenters. The SMILES string of the molecule is C=C1CC(=O)N(CC(=O)NCNC)C1=O. The van der Waals surface area contributed by atoms with E-state index in [0.29, 0.717) is 6.67 Å². The number of nitrogens with one attached hydrogen (secondary N) is 2. The number of hydrogen-bond donors (Lipinski definition) is 2. The standard InChI is InChI=1S/C9H13N3O3/c1-6-3-8(14)12(9(6)15)4-7(13)11-5-10-2/h10H,1,3-5H2,2H3,(H,11,13). The fraction of sp³-hybridized carbons (Fsp3) is 0.444. The normalized spacial score (nSPS) is 16.1. The van der Waals surface area contributed by atoms with Crippen molar-refractivity contribution in [1.29, 1.82) is 0 Å². The van der Waals surface area contributed by atoms with Crippen LogP contribution in [0.5, 0.6) is 0 Å². The van der Waals surface area contributed by atoms with E-state index in [9.17, 15) is 14.4 Å². The Morgan fingerprint density at radius 2 is 2.20 bits per heavy atom. The summed E-state index contributed by atoms with van der Waals surface area (Å²) in [6, 6.07) is 0. The number of imide groups is 1. The highest BCUT2D eigenvalue weighted by Gasteiger charge is 2.33. The van der Waals surface area contributed by atoms with Crippen molar-refractivity contribution in [2.75, 3.05) is 20.3 Å². The zero-order valence-corrected chi connectivity index (χ0v) is 8.50. The Kier molecular flexibility index (Phi) is 3.56. The summed E-state index contributed by atoms with van der Waals surface area (Å²) in [7, 11) is 1.67. The molecule has 0 aromatic carbocycles. The number of nitrogens with zero attached hydrogens (tertiary/aromatic N) is 1. The molecule has 0 aromatic rings. The van der Waals surface area contributed by atoms with E-state index >= 15 is 0 Å². The molecule has 2 N–H and O–H groups in total. The Bertz CT molecular complexity index is 325. The quantitative estimate of drug-likeness (QED) is 0.340. The van der Waals surface area contributed by atoms with Crippen LogP contribution >= 0.6 is 0 Å². The fourth-order valence-electron chi connectivity index (χ4n) is 1.20. The number of carbonyl (C=O) groups excluding carboxylic acids is 3. The molecular weight excluding hydrogens is 198 g/mol. The van der Waals surface area contributed by atoms with E-state index in [2.05, 4.69) is 17.2 Å². The fourth-order valence-corrected chi connectivity index (χ4v) is 1.20. The molecule has 3 amide bonds. The van der Waals surface area contributed by atoms with E-state index in [4.69, 9.17) is 0 Å². The van der Waals surface area contributed by atoms with Gasteiger partial charge in [-0.3, -0.25) is 19.3 Å². The average Bonchev–Trinajstić information content (AvgIpc) is 2.42. The summed E-state index contributed by atoms with van der Waals surface area (Å²) in [4.78, 5) is 34.7. The molecule has 1 aliphatic rings. The molecule has 1 fully saturated rings. The first-order valence-corrected chi connectivity index (χ1v) is 4.50. The van der Waals surface area contributed by atoms with Gasteiger partial charge in [0.1, 0.15) is 6.54 Å². The molecule has 15 heavy (non-hydrogen) atoms. The third-order valence-electron chi connectivity index (χ3n) is 1.98. The van der Waals surface area contributed by atoms with Crippen LogP contribution in [0.1, 0.15) is 6.42 Å². The topological polar surface area (TPSA) is 78.5 Å². The van der Waals surface area contributed by atoms with E-state index in [0.717, 1.165) is 4.90 Å². The second kappa shape index (κ2) is 4.70. The maximum absolute atomic E-state index is 11.3. The van der Waals surface area contributed by atoms with Crippen molar-refractivity contribution in [3.8, 4) is 0 Å². The minimum Gasteiger partial charge on any atom is -0.342 e. The van der Waals surface area contributed by atoms with Crippen LogP contribution in [-0.2, 0) is 14.4 Å². The van der Waals surface area contributed by atoms with Gasteiger partial charge < -0.3 is 10.6 Å². The van der Waals surface area contributed by atoms with Crippen molar-refractivity contribution in [2.24, 2.45) is 0 Å². The zero-order valence-electron chi connectivity index (χ0n) is 8.50. The van der Waals surface area contributed by atoms with Gasteiger partial charge in [-0.05, 0) is 7.05 Å². The molecule has 0 aromatic heterocycles. The minimum atomic E-state index is -0.459. The Hall–Kier alpha value is -1.69. The lowest BCUT2D eigenvalue weighted by atomic mass is 10.3. The highest BCUT2D eigenvalue weighted by atomic mass is 16.2. The van der Waals surface area contributed by atoms with Crippen molar-refractivity contribution >= 4 is 17.7 Å². The molecule has 0 aliphatic carbocycles. The predicted octanol–water partition coefficient (Wildman–Crippen LogP) is -1.41. The van der Waals surface area contributed by atoms with Crippen molar-refractivity contribution in [2.45, 2.75) is 6.42 Å². The number of rotatable bonds is 4. The Morgan fingerprint density at radius 1 is 1.53 bits per heavy atom. The van der Waals surface area contributed by atoms with E-state index in [1.807, 2.05) is 0 Å². The minimum absolute atomic E-state index is 0.0120.